The van der Waals surface area contributed by atoms with E-state index in [1.807, 2.05) is 12.1 Å². The summed E-state index contributed by atoms with van der Waals surface area (Å²) < 4.78 is 11.0. The summed E-state index contributed by atoms with van der Waals surface area (Å²) in [4.78, 5) is 18.3. The van der Waals surface area contributed by atoms with E-state index in [9.17, 15) is 0 Å². The van der Waals surface area contributed by atoms with Gasteiger partial charge in [0.15, 0.2) is 17.5 Å². The van der Waals surface area contributed by atoms with Crippen LogP contribution in [0.25, 0.3) is 0 Å². The first-order valence-electron chi connectivity index (χ1n) is 10.5. The highest BCUT2D eigenvalue weighted by Gasteiger charge is 2.26. The molecule has 1 aromatic carbocycles. The van der Waals surface area contributed by atoms with Gasteiger partial charge >= 0.3 is 0 Å². The van der Waals surface area contributed by atoms with E-state index in [4.69, 9.17) is 14.5 Å². The van der Waals surface area contributed by atoms with Crippen LogP contribution in [-0.2, 0) is 5.41 Å². The highest BCUT2D eigenvalue weighted by Crippen LogP contribution is 2.36. The zero-order valence-electron chi connectivity index (χ0n) is 18.0. The van der Waals surface area contributed by atoms with E-state index in [0.717, 1.165) is 56.1 Å². The third-order valence-corrected chi connectivity index (χ3v) is 5.53. The highest BCUT2D eigenvalue weighted by molar-refractivity contribution is 5.80. The zero-order valence-corrected chi connectivity index (χ0v) is 18.0. The van der Waals surface area contributed by atoms with Crippen LogP contribution in [-0.4, -0.2) is 66.9 Å². The van der Waals surface area contributed by atoms with E-state index in [2.05, 4.69) is 58.0 Å². The molecule has 2 aromatic rings. The SMILES string of the molecule is CCNC(=NCC(C)(C)c1ccc2c(c1)OCO2)N1CCN(c2ncccn2)CC1. The van der Waals surface area contributed by atoms with Crippen LogP contribution >= 0.6 is 0 Å². The molecule has 0 spiro atoms. The molecule has 160 valence electrons. The normalized spacial score (nSPS) is 16.7. The highest BCUT2D eigenvalue weighted by atomic mass is 16.7. The monoisotopic (exact) mass is 410 g/mol. The Balaban J connectivity index is 1.42. The molecule has 0 amide bonds. The number of benzene rings is 1. The summed E-state index contributed by atoms with van der Waals surface area (Å²) in [6, 6.07) is 8.01. The van der Waals surface area contributed by atoms with Crippen molar-refractivity contribution in [3.05, 3.63) is 42.2 Å². The Morgan fingerprint density at radius 1 is 1.10 bits per heavy atom. The number of nitrogens with one attached hydrogen (secondary N) is 1. The van der Waals surface area contributed by atoms with Gasteiger partial charge in [0.2, 0.25) is 12.7 Å². The van der Waals surface area contributed by atoms with Crippen LogP contribution in [0.5, 0.6) is 11.5 Å². The molecular weight excluding hydrogens is 380 g/mol. The average molecular weight is 411 g/mol. The molecule has 1 aromatic heterocycles. The number of rotatable bonds is 5. The summed E-state index contributed by atoms with van der Waals surface area (Å²) >= 11 is 0. The van der Waals surface area contributed by atoms with Gasteiger partial charge in [0.1, 0.15) is 0 Å². The van der Waals surface area contributed by atoms with Gasteiger partial charge in [-0.05, 0) is 30.7 Å². The first-order valence-corrected chi connectivity index (χ1v) is 10.5. The molecule has 0 unspecified atom stereocenters. The average Bonchev–Trinajstić information content (AvgIpc) is 3.25. The molecule has 8 nitrogen and oxygen atoms in total. The predicted molar refractivity (Wildman–Crippen MR) is 117 cm³/mol. The molecule has 8 heteroatoms. The lowest BCUT2D eigenvalue weighted by atomic mass is 9.84. The quantitative estimate of drug-likeness (QED) is 0.599. The summed E-state index contributed by atoms with van der Waals surface area (Å²) in [5.41, 5.74) is 1.07. The van der Waals surface area contributed by atoms with Crippen LogP contribution in [0, 0.1) is 0 Å². The Kier molecular flexibility index (Phi) is 5.92. The Bertz CT molecular complexity index is 878. The molecule has 0 bridgehead atoms. The maximum absolute atomic E-state index is 5.55. The number of aliphatic imine (C=N–C) groups is 1. The Hall–Kier alpha value is -3.03. The van der Waals surface area contributed by atoms with Gasteiger partial charge in [-0.25, -0.2) is 9.97 Å². The Morgan fingerprint density at radius 3 is 2.57 bits per heavy atom. The van der Waals surface area contributed by atoms with Gasteiger partial charge in [-0.1, -0.05) is 19.9 Å². The molecule has 1 saturated heterocycles. The van der Waals surface area contributed by atoms with Crippen molar-refractivity contribution >= 4 is 11.9 Å². The minimum absolute atomic E-state index is 0.124. The number of fused-ring (bicyclic) bond motifs is 1. The summed E-state index contributed by atoms with van der Waals surface area (Å²) in [6.45, 7) is 11.9. The predicted octanol–water partition coefficient (Wildman–Crippen LogP) is 2.27. The number of anilines is 1. The molecule has 2 aliphatic heterocycles. The second-order valence-electron chi connectivity index (χ2n) is 8.14. The first-order chi connectivity index (χ1) is 14.6. The lowest BCUT2D eigenvalue weighted by Crippen LogP contribution is -2.53. The summed E-state index contributed by atoms with van der Waals surface area (Å²) in [6.07, 6.45) is 3.58. The van der Waals surface area contributed by atoms with Crippen molar-refractivity contribution in [2.24, 2.45) is 4.99 Å². The molecule has 3 heterocycles. The standard InChI is InChI=1S/C22H30N6O2/c1-4-23-20(27-10-12-28(13-11-27)21-24-8-5-9-25-21)26-15-22(2,3)17-6-7-18-19(14-17)30-16-29-18/h5-9,14H,4,10-13,15-16H2,1-3H3,(H,23,26). The molecule has 1 N–H and O–H groups in total. The van der Waals surface area contributed by atoms with Crippen molar-refractivity contribution in [2.75, 3.05) is 51.0 Å². The maximum Gasteiger partial charge on any atom is 0.231 e. The Morgan fingerprint density at radius 2 is 1.83 bits per heavy atom. The van der Waals surface area contributed by atoms with E-state index in [-0.39, 0.29) is 5.41 Å². The third kappa shape index (κ3) is 4.42. The molecule has 4 rings (SSSR count). The number of piperazine rings is 1. The summed E-state index contributed by atoms with van der Waals surface area (Å²) in [7, 11) is 0. The third-order valence-electron chi connectivity index (χ3n) is 5.53. The molecular formula is C22H30N6O2. The van der Waals surface area contributed by atoms with E-state index in [0.29, 0.717) is 13.3 Å². The molecule has 0 radical (unpaired) electrons. The van der Waals surface area contributed by atoms with Crippen LogP contribution in [0.1, 0.15) is 26.3 Å². The number of hydrogen-bond donors (Lipinski definition) is 1. The van der Waals surface area contributed by atoms with Crippen molar-refractivity contribution in [1.29, 1.82) is 0 Å². The number of ether oxygens (including phenoxy) is 2. The van der Waals surface area contributed by atoms with Crippen LogP contribution in [0.2, 0.25) is 0 Å². The fraction of sp³-hybridized carbons (Fsp3) is 0.500. The minimum atomic E-state index is -0.124. The fourth-order valence-corrected chi connectivity index (χ4v) is 3.68. The largest absolute Gasteiger partial charge is 0.454 e. The van der Waals surface area contributed by atoms with Crippen LogP contribution in [0.3, 0.4) is 0 Å². The van der Waals surface area contributed by atoms with Gasteiger partial charge in [0.25, 0.3) is 0 Å². The van der Waals surface area contributed by atoms with E-state index in [1.165, 1.54) is 5.56 Å². The van der Waals surface area contributed by atoms with E-state index < -0.39 is 0 Å². The lowest BCUT2D eigenvalue weighted by Gasteiger charge is -2.37. The number of guanidine groups is 1. The number of hydrogen-bond acceptors (Lipinski definition) is 6. The second kappa shape index (κ2) is 8.77. The van der Waals surface area contributed by atoms with Gasteiger partial charge in [0.05, 0.1) is 6.54 Å². The number of aromatic nitrogens is 2. The summed E-state index contributed by atoms with van der Waals surface area (Å²) in [5, 5.41) is 3.45. The molecule has 0 saturated carbocycles. The smallest absolute Gasteiger partial charge is 0.231 e. The second-order valence-corrected chi connectivity index (χ2v) is 8.14. The van der Waals surface area contributed by atoms with E-state index in [1.54, 1.807) is 12.4 Å². The fourth-order valence-electron chi connectivity index (χ4n) is 3.68. The van der Waals surface area contributed by atoms with Crippen molar-refractivity contribution < 1.29 is 9.47 Å². The zero-order chi connectivity index (χ0) is 21.0. The molecule has 2 aliphatic rings. The first kappa shape index (κ1) is 20.3. The molecule has 0 aliphatic carbocycles. The number of nitrogens with zero attached hydrogens (tertiary/aromatic N) is 5. The van der Waals surface area contributed by atoms with Crippen molar-refractivity contribution in [2.45, 2.75) is 26.2 Å². The van der Waals surface area contributed by atoms with Crippen LogP contribution in [0.4, 0.5) is 5.95 Å². The molecule has 0 atom stereocenters. The van der Waals surface area contributed by atoms with Crippen molar-refractivity contribution in [3.8, 4) is 11.5 Å². The van der Waals surface area contributed by atoms with Crippen molar-refractivity contribution in [3.63, 3.8) is 0 Å². The minimum Gasteiger partial charge on any atom is -0.454 e. The van der Waals surface area contributed by atoms with Crippen LogP contribution in [0.15, 0.2) is 41.7 Å². The Labute approximate surface area is 177 Å². The summed E-state index contributed by atoms with van der Waals surface area (Å²) in [5.74, 6) is 3.38. The van der Waals surface area contributed by atoms with Crippen molar-refractivity contribution in [1.82, 2.24) is 20.2 Å². The van der Waals surface area contributed by atoms with Gasteiger partial charge in [-0.3, -0.25) is 4.99 Å². The van der Waals surface area contributed by atoms with Gasteiger partial charge < -0.3 is 24.6 Å². The molecule has 1 fully saturated rings. The molecule has 30 heavy (non-hydrogen) atoms. The van der Waals surface area contributed by atoms with Gasteiger partial charge in [0, 0.05) is 50.5 Å². The van der Waals surface area contributed by atoms with E-state index >= 15 is 0 Å². The van der Waals surface area contributed by atoms with Crippen LogP contribution < -0.4 is 19.7 Å². The van der Waals surface area contributed by atoms with Gasteiger partial charge in [-0.2, -0.15) is 0 Å². The lowest BCUT2D eigenvalue weighted by molar-refractivity contribution is 0.174. The van der Waals surface area contributed by atoms with Gasteiger partial charge in [-0.15, -0.1) is 0 Å². The maximum atomic E-state index is 5.55. The topological polar surface area (TPSA) is 75.1 Å².